The monoisotopic (exact) mass is 339 g/mol. The lowest BCUT2D eigenvalue weighted by atomic mass is 10.2. The lowest BCUT2D eigenvalue weighted by Crippen LogP contribution is -2.26. The molecule has 2 heterocycles. The lowest BCUT2D eigenvalue weighted by Gasteiger charge is -2.25. The summed E-state index contributed by atoms with van der Waals surface area (Å²) < 4.78 is 37.7. The molecule has 0 saturated heterocycles. The van der Waals surface area contributed by atoms with Crippen LogP contribution in [-0.4, -0.2) is 21.2 Å². The minimum atomic E-state index is -4.41. The van der Waals surface area contributed by atoms with Crippen LogP contribution in [0.15, 0.2) is 36.7 Å². The molecular weight excluding hydrogens is 325 g/mol. The first kappa shape index (κ1) is 16.5. The van der Waals surface area contributed by atoms with Gasteiger partial charge in [0, 0.05) is 12.2 Å². The van der Waals surface area contributed by atoms with E-state index in [0.29, 0.717) is 18.1 Å². The van der Waals surface area contributed by atoms with Crippen LogP contribution in [0.2, 0.25) is 0 Å². The molecule has 0 aromatic carbocycles. The van der Waals surface area contributed by atoms with Crippen LogP contribution in [0.3, 0.4) is 0 Å². The number of hydrogen-bond acceptors (Lipinski definition) is 6. The van der Waals surface area contributed by atoms with Crippen molar-refractivity contribution >= 4 is 11.5 Å². The highest BCUT2D eigenvalue weighted by molar-refractivity contribution is 5.50. The molecule has 0 unspecified atom stereocenters. The van der Waals surface area contributed by atoms with Crippen LogP contribution in [0.25, 0.3) is 0 Å². The Balaban J connectivity index is 1.77. The van der Waals surface area contributed by atoms with Gasteiger partial charge in [-0.25, -0.2) is 4.98 Å². The molecule has 0 amide bonds. The second-order valence-electron chi connectivity index (χ2n) is 5.54. The fraction of sp³-hybridized carbons (Fsp3) is 0.333. The van der Waals surface area contributed by atoms with Gasteiger partial charge in [0.15, 0.2) is 0 Å². The van der Waals surface area contributed by atoms with Gasteiger partial charge in [-0.05, 0) is 37.1 Å². The van der Waals surface area contributed by atoms with E-state index in [1.165, 1.54) is 18.3 Å². The van der Waals surface area contributed by atoms with Crippen LogP contribution < -0.4 is 10.1 Å². The molecule has 128 valence electrons. The van der Waals surface area contributed by atoms with Gasteiger partial charge in [-0.15, -0.1) is 0 Å². The van der Waals surface area contributed by atoms with Crippen molar-refractivity contribution < 1.29 is 18.4 Å². The van der Waals surface area contributed by atoms with Crippen molar-refractivity contribution in [2.45, 2.75) is 31.6 Å². The van der Waals surface area contributed by atoms with Gasteiger partial charge < -0.3 is 15.3 Å². The van der Waals surface area contributed by atoms with Gasteiger partial charge in [0.05, 0.1) is 29.7 Å². The number of nitrogens with zero attached hydrogens (tertiary/aromatic N) is 4. The van der Waals surface area contributed by atoms with E-state index in [9.17, 15) is 18.4 Å². The number of alkyl halides is 3. The van der Waals surface area contributed by atoms with E-state index < -0.39 is 11.7 Å². The van der Waals surface area contributed by atoms with Gasteiger partial charge in [-0.2, -0.15) is 13.2 Å². The fourth-order valence-corrected chi connectivity index (χ4v) is 2.30. The number of halogens is 3. The predicted octanol–water partition coefficient (Wildman–Crippen LogP) is 3.36. The van der Waals surface area contributed by atoms with Crippen molar-refractivity contribution in [3.63, 3.8) is 0 Å². The average Bonchev–Trinajstić information content (AvgIpc) is 3.37. The maximum absolute atomic E-state index is 12.6. The summed E-state index contributed by atoms with van der Waals surface area (Å²) in [7, 11) is 0. The summed E-state index contributed by atoms with van der Waals surface area (Å²) in [4.78, 5) is 9.93. The highest BCUT2D eigenvalue weighted by Crippen LogP contribution is 2.33. The second kappa shape index (κ2) is 6.25. The van der Waals surface area contributed by atoms with Crippen LogP contribution >= 0.6 is 0 Å². The standard InChI is InChI=1S/C15H14F3N4O2/c16-15(17,18)10-1-2-11(19-7-10)9-21(12-3-4-12)14-6-5-13(8-20-14)22(23)24/h1-2,5-8,12,23H,3-4,9H2/q-1. The zero-order chi connectivity index (χ0) is 17.3. The second-order valence-corrected chi connectivity index (χ2v) is 5.54. The first-order valence-electron chi connectivity index (χ1n) is 7.25. The van der Waals surface area contributed by atoms with Crippen LogP contribution in [0.4, 0.5) is 24.7 Å². The quantitative estimate of drug-likeness (QED) is 0.842. The molecule has 1 fully saturated rings. The van der Waals surface area contributed by atoms with Crippen LogP contribution in [-0.2, 0) is 12.7 Å². The van der Waals surface area contributed by atoms with E-state index in [2.05, 4.69) is 9.97 Å². The summed E-state index contributed by atoms with van der Waals surface area (Å²) in [5.74, 6) is 0.574. The van der Waals surface area contributed by atoms with Gasteiger partial charge in [-0.1, -0.05) is 0 Å². The summed E-state index contributed by atoms with van der Waals surface area (Å²) in [6.07, 6.45) is -0.445. The normalized spacial score (nSPS) is 14.5. The summed E-state index contributed by atoms with van der Waals surface area (Å²) >= 11 is 0. The van der Waals surface area contributed by atoms with Crippen molar-refractivity contribution in [3.05, 3.63) is 53.1 Å². The number of rotatable bonds is 5. The Morgan fingerprint density at radius 3 is 2.33 bits per heavy atom. The van der Waals surface area contributed by atoms with E-state index in [1.807, 2.05) is 4.90 Å². The zero-order valence-corrected chi connectivity index (χ0v) is 12.4. The predicted molar refractivity (Wildman–Crippen MR) is 80.3 cm³/mol. The molecule has 9 heteroatoms. The number of aromatic nitrogens is 2. The highest BCUT2D eigenvalue weighted by Gasteiger charge is 2.32. The zero-order valence-electron chi connectivity index (χ0n) is 12.4. The maximum Gasteiger partial charge on any atom is 0.417 e. The molecule has 0 aliphatic heterocycles. The minimum absolute atomic E-state index is 0.00199. The first-order chi connectivity index (χ1) is 11.3. The van der Waals surface area contributed by atoms with E-state index >= 15 is 0 Å². The Labute approximate surface area is 135 Å². The molecule has 0 spiro atoms. The summed E-state index contributed by atoms with van der Waals surface area (Å²) in [6.45, 7) is 0.315. The van der Waals surface area contributed by atoms with E-state index in [1.54, 1.807) is 6.07 Å². The number of pyridine rings is 2. The smallest absolute Gasteiger partial charge is 0.417 e. The topological polar surface area (TPSA) is 75.6 Å². The molecule has 3 rings (SSSR count). The van der Waals surface area contributed by atoms with Crippen molar-refractivity contribution in [1.29, 1.82) is 0 Å². The molecule has 1 aliphatic carbocycles. The van der Waals surface area contributed by atoms with Crippen LogP contribution in [0.1, 0.15) is 24.1 Å². The van der Waals surface area contributed by atoms with Crippen molar-refractivity contribution in [1.82, 2.24) is 9.97 Å². The molecule has 1 N–H and O–H groups in total. The molecule has 1 saturated carbocycles. The molecule has 2 aromatic heterocycles. The largest absolute Gasteiger partial charge is 0.733 e. The van der Waals surface area contributed by atoms with E-state index in [-0.39, 0.29) is 17.0 Å². The number of hydrogen-bond donors (Lipinski definition) is 1. The molecule has 2 aromatic rings. The third kappa shape index (κ3) is 3.74. The van der Waals surface area contributed by atoms with Crippen molar-refractivity contribution in [2.75, 3.05) is 10.1 Å². The van der Waals surface area contributed by atoms with Gasteiger partial charge >= 0.3 is 6.18 Å². The van der Waals surface area contributed by atoms with Crippen LogP contribution in [0.5, 0.6) is 0 Å². The van der Waals surface area contributed by atoms with Gasteiger partial charge in [0.2, 0.25) is 0 Å². The lowest BCUT2D eigenvalue weighted by molar-refractivity contribution is -0.137. The highest BCUT2D eigenvalue weighted by atomic mass is 19.4. The molecule has 0 bridgehead atoms. The number of anilines is 2. The third-order valence-electron chi connectivity index (χ3n) is 3.72. The Bertz CT molecular complexity index is 685. The third-order valence-corrected chi connectivity index (χ3v) is 3.72. The Morgan fingerprint density at radius 2 is 1.88 bits per heavy atom. The molecular formula is C15H14F3N4O2-. The SMILES string of the molecule is [O-]N(O)c1ccc(N(Cc2ccc(C(F)(F)F)cn2)C2CC2)nc1. The van der Waals surface area contributed by atoms with Crippen LogP contribution in [0, 0.1) is 5.21 Å². The average molecular weight is 339 g/mol. The molecule has 6 nitrogen and oxygen atoms in total. The fourth-order valence-electron chi connectivity index (χ4n) is 2.30. The van der Waals surface area contributed by atoms with Crippen molar-refractivity contribution in [2.24, 2.45) is 0 Å². The van der Waals surface area contributed by atoms with E-state index in [4.69, 9.17) is 5.21 Å². The minimum Gasteiger partial charge on any atom is -0.733 e. The molecule has 24 heavy (non-hydrogen) atoms. The first-order valence-corrected chi connectivity index (χ1v) is 7.25. The van der Waals surface area contributed by atoms with Gasteiger partial charge in [-0.3, -0.25) is 10.2 Å². The van der Waals surface area contributed by atoms with Crippen molar-refractivity contribution in [3.8, 4) is 0 Å². The Hall–Kier alpha value is -2.39. The Morgan fingerprint density at radius 1 is 1.12 bits per heavy atom. The van der Waals surface area contributed by atoms with Gasteiger partial charge in [0.1, 0.15) is 5.82 Å². The Kier molecular flexibility index (Phi) is 4.29. The summed E-state index contributed by atoms with van der Waals surface area (Å²) in [5, 5.41) is 19.3. The van der Waals surface area contributed by atoms with Gasteiger partial charge in [0.25, 0.3) is 0 Å². The van der Waals surface area contributed by atoms with E-state index in [0.717, 1.165) is 25.1 Å². The maximum atomic E-state index is 12.6. The molecule has 1 aliphatic rings. The molecule has 0 radical (unpaired) electrons. The molecule has 0 atom stereocenters. The summed E-state index contributed by atoms with van der Waals surface area (Å²) in [6, 6.07) is 5.60. The summed E-state index contributed by atoms with van der Waals surface area (Å²) in [5.41, 5.74) is -0.291.